The Morgan fingerprint density at radius 1 is 1.29 bits per heavy atom. The van der Waals surface area contributed by atoms with Gasteiger partial charge in [0.1, 0.15) is 5.56 Å². The monoisotopic (exact) mass is 443 g/mol. The Bertz CT molecular complexity index is 1070. The molecule has 0 unspecified atom stereocenters. The number of carbonyl (C=O) groups is 1. The van der Waals surface area contributed by atoms with Crippen molar-refractivity contribution in [3.05, 3.63) is 45.7 Å². The lowest BCUT2D eigenvalue weighted by atomic mass is 9.77. The van der Waals surface area contributed by atoms with Crippen LogP contribution in [-0.2, 0) is 0 Å². The molecule has 7 heteroatoms. The first-order chi connectivity index (χ1) is 14.8. The summed E-state index contributed by atoms with van der Waals surface area (Å²) in [6, 6.07) is 5.55. The van der Waals surface area contributed by atoms with E-state index in [1.54, 1.807) is 18.9 Å². The summed E-state index contributed by atoms with van der Waals surface area (Å²) in [6.07, 6.45) is 6.59. The van der Waals surface area contributed by atoms with E-state index >= 15 is 0 Å². The van der Waals surface area contributed by atoms with Gasteiger partial charge < -0.3 is 19.1 Å². The third-order valence-corrected chi connectivity index (χ3v) is 7.35. The number of nitrogens with zero attached hydrogens (tertiary/aromatic N) is 1. The molecule has 2 aliphatic rings. The second kappa shape index (κ2) is 8.26. The van der Waals surface area contributed by atoms with Crippen molar-refractivity contribution in [1.82, 2.24) is 4.57 Å². The molecule has 2 heterocycles. The van der Waals surface area contributed by atoms with Crippen LogP contribution in [0.4, 0.5) is 0 Å². The Labute approximate surface area is 186 Å². The van der Waals surface area contributed by atoms with Crippen LogP contribution in [0.3, 0.4) is 0 Å². The summed E-state index contributed by atoms with van der Waals surface area (Å²) in [6.45, 7) is 5.05. The summed E-state index contributed by atoms with van der Waals surface area (Å²) >= 11 is 1.79. The van der Waals surface area contributed by atoms with E-state index < -0.39 is 11.4 Å². The number of thioether (sulfide) groups is 1. The van der Waals surface area contributed by atoms with Gasteiger partial charge in [-0.2, -0.15) is 11.8 Å². The number of fused-ring (bicyclic) bond motifs is 6. The molecular weight excluding hydrogens is 414 g/mol. The molecule has 1 N–H and O–H groups in total. The number of hydrogen-bond donors (Lipinski definition) is 1. The molecule has 1 fully saturated rings. The molecule has 4 rings (SSSR count). The molecule has 0 spiro atoms. The first kappa shape index (κ1) is 21.8. The van der Waals surface area contributed by atoms with Crippen LogP contribution in [0.5, 0.6) is 11.5 Å². The lowest BCUT2D eigenvalue weighted by Gasteiger charge is -2.40. The molecular formula is C24H29NO5S. The molecule has 0 radical (unpaired) electrons. The lowest BCUT2D eigenvalue weighted by molar-refractivity contribution is 0.0693. The van der Waals surface area contributed by atoms with Crippen LogP contribution in [0.2, 0.25) is 0 Å². The first-order valence-corrected chi connectivity index (χ1v) is 12.0. The highest BCUT2D eigenvalue weighted by Crippen LogP contribution is 2.59. The highest BCUT2D eigenvalue weighted by atomic mass is 32.2. The smallest absolute Gasteiger partial charge is 0.341 e. The van der Waals surface area contributed by atoms with E-state index in [1.807, 2.05) is 10.6 Å². The highest BCUT2D eigenvalue weighted by molar-refractivity contribution is 7.98. The van der Waals surface area contributed by atoms with Gasteiger partial charge in [0.15, 0.2) is 16.9 Å². The van der Waals surface area contributed by atoms with Crippen molar-refractivity contribution in [3.63, 3.8) is 0 Å². The summed E-state index contributed by atoms with van der Waals surface area (Å²) < 4.78 is 13.7. The molecule has 2 aromatic rings. The van der Waals surface area contributed by atoms with Gasteiger partial charge in [0, 0.05) is 29.8 Å². The maximum Gasteiger partial charge on any atom is 0.341 e. The minimum absolute atomic E-state index is 0.0265. The molecule has 1 saturated carbocycles. The quantitative estimate of drug-likeness (QED) is 0.619. The van der Waals surface area contributed by atoms with E-state index in [2.05, 4.69) is 26.2 Å². The summed E-state index contributed by atoms with van der Waals surface area (Å²) in [5.41, 5.74) is 2.12. The molecule has 6 nitrogen and oxygen atoms in total. The van der Waals surface area contributed by atoms with Crippen LogP contribution in [0, 0.1) is 5.41 Å². The van der Waals surface area contributed by atoms with E-state index in [9.17, 15) is 14.7 Å². The summed E-state index contributed by atoms with van der Waals surface area (Å²) in [4.78, 5) is 24.2. The van der Waals surface area contributed by atoms with E-state index in [4.69, 9.17) is 9.47 Å². The second-order valence-electron chi connectivity index (χ2n) is 9.01. The van der Waals surface area contributed by atoms with E-state index in [0.717, 1.165) is 47.6 Å². The number of aromatic nitrogens is 1. The van der Waals surface area contributed by atoms with Crippen LogP contribution >= 0.6 is 11.8 Å². The van der Waals surface area contributed by atoms with Gasteiger partial charge in [0.05, 0.1) is 19.4 Å². The molecule has 0 amide bonds. The third-order valence-electron chi connectivity index (χ3n) is 6.65. The van der Waals surface area contributed by atoms with Crippen molar-refractivity contribution < 1.29 is 19.4 Å². The molecule has 2 atom stereocenters. The fraction of sp³-hybridized carbons (Fsp3) is 0.500. The van der Waals surface area contributed by atoms with Gasteiger partial charge >= 0.3 is 5.97 Å². The Balaban J connectivity index is 1.88. The number of hydrogen-bond acceptors (Lipinski definition) is 5. The Morgan fingerprint density at radius 2 is 2.06 bits per heavy atom. The van der Waals surface area contributed by atoms with Crippen LogP contribution in [-0.4, -0.2) is 41.4 Å². The Morgan fingerprint density at radius 3 is 2.74 bits per heavy atom. The van der Waals surface area contributed by atoms with Gasteiger partial charge in [0.2, 0.25) is 0 Å². The molecule has 166 valence electrons. The molecule has 31 heavy (non-hydrogen) atoms. The zero-order valence-corrected chi connectivity index (χ0v) is 19.3. The fourth-order valence-electron chi connectivity index (χ4n) is 5.19. The molecule has 1 aliphatic carbocycles. The van der Waals surface area contributed by atoms with Crippen molar-refractivity contribution in [2.45, 2.75) is 45.1 Å². The zero-order valence-electron chi connectivity index (χ0n) is 18.4. The van der Waals surface area contributed by atoms with Crippen molar-refractivity contribution in [1.29, 1.82) is 0 Å². The zero-order chi connectivity index (χ0) is 22.3. The molecule has 0 bridgehead atoms. The normalized spacial score (nSPS) is 20.5. The van der Waals surface area contributed by atoms with E-state index in [0.29, 0.717) is 12.4 Å². The van der Waals surface area contributed by atoms with Crippen LogP contribution < -0.4 is 14.9 Å². The average molecular weight is 444 g/mol. The lowest BCUT2D eigenvalue weighted by Crippen LogP contribution is -2.32. The first-order valence-electron chi connectivity index (χ1n) is 10.6. The maximum absolute atomic E-state index is 12.6. The third kappa shape index (κ3) is 3.73. The number of pyridine rings is 1. The van der Waals surface area contributed by atoms with Gasteiger partial charge in [-0.25, -0.2) is 4.79 Å². The average Bonchev–Trinajstić information content (AvgIpc) is 3.05. The number of methoxy groups -OCH3 is 1. The molecule has 1 aliphatic heterocycles. The predicted octanol–water partition coefficient (Wildman–Crippen LogP) is 4.81. The topological polar surface area (TPSA) is 77.8 Å². The predicted molar refractivity (Wildman–Crippen MR) is 123 cm³/mol. The second-order valence-corrected chi connectivity index (χ2v) is 10.00. The molecule has 1 aromatic carbocycles. The van der Waals surface area contributed by atoms with Crippen molar-refractivity contribution >= 4 is 17.7 Å². The summed E-state index contributed by atoms with van der Waals surface area (Å²) in [5.74, 6) is 1.42. The van der Waals surface area contributed by atoms with Gasteiger partial charge in [-0.3, -0.25) is 4.79 Å². The fourth-order valence-corrected chi connectivity index (χ4v) is 5.60. The minimum atomic E-state index is -1.19. The highest BCUT2D eigenvalue weighted by Gasteiger charge is 2.47. The number of rotatable bonds is 7. The van der Waals surface area contributed by atoms with Gasteiger partial charge in [-0.05, 0) is 54.4 Å². The van der Waals surface area contributed by atoms with Crippen LogP contribution in [0.15, 0.2) is 29.2 Å². The van der Waals surface area contributed by atoms with Crippen LogP contribution in [0.1, 0.15) is 61.0 Å². The number of aromatic carboxylic acids is 1. The number of carboxylic acids is 1. The van der Waals surface area contributed by atoms with E-state index in [-0.39, 0.29) is 22.9 Å². The SMILES string of the molecule is COc1cc2c(cc1OCCCSC)[C@@H]1CCC(C)(C)[C@@H]1n1cc(C(=O)O)c(=O)cc1-2. The van der Waals surface area contributed by atoms with Crippen LogP contribution in [0.25, 0.3) is 11.3 Å². The standard InChI is InChI=1S/C24H29NO5S/c1-24(2)7-6-14-15-10-21(30-8-5-9-31-4)20(29-3)11-16(15)18-12-19(26)17(23(27)28)13-25(18)22(14)24/h10-14,22H,5-9H2,1-4H3,(H,27,28)/t14-,22+/m0/s1. The molecule has 1 aromatic heterocycles. The van der Waals surface area contributed by atoms with Crippen molar-refractivity contribution in [2.24, 2.45) is 5.41 Å². The summed E-state index contributed by atoms with van der Waals surface area (Å²) in [7, 11) is 1.61. The number of ether oxygens (including phenoxy) is 2. The van der Waals surface area contributed by atoms with Gasteiger partial charge in [0.25, 0.3) is 0 Å². The van der Waals surface area contributed by atoms with Gasteiger partial charge in [-0.1, -0.05) is 13.8 Å². The number of benzene rings is 1. The maximum atomic E-state index is 12.6. The minimum Gasteiger partial charge on any atom is -0.493 e. The van der Waals surface area contributed by atoms with E-state index in [1.165, 1.54) is 12.3 Å². The Kier molecular flexibility index (Phi) is 5.81. The van der Waals surface area contributed by atoms with Crippen molar-refractivity contribution in [3.8, 4) is 22.8 Å². The molecule has 0 saturated heterocycles. The largest absolute Gasteiger partial charge is 0.493 e. The number of carboxylic acid groups (broad SMARTS) is 1. The Hall–Kier alpha value is -2.41. The van der Waals surface area contributed by atoms with Gasteiger partial charge in [-0.15, -0.1) is 0 Å². The van der Waals surface area contributed by atoms with Crippen molar-refractivity contribution in [2.75, 3.05) is 25.7 Å². The summed E-state index contributed by atoms with van der Waals surface area (Å²) in [5, 5.41) is 9.52.